The molecule has 25 heavy (non-hydrogen) atoms. The number of ether oxygens (including phenoxy) is 4. The minimum absolute atomic E-state index is 0. The van der Waals surface area contributed by atoms with Gasteiger partial charge in [0, 0.05) is 0 Å². The lowest BCUT2D eigenvalue weighted by Crippen LogP contribution is -2.15. The van der Waals surface area contributed by atoms with Crippen LogP contribution in [-0.4, -0.2) is 39.7 Å². The number of methoxy groups -OCH3 is 2. The second-order valence-electron chi connectivity index (χ2n) is 6.37. The minimum Gasteiger partial charge on any atom is -0.438 e. The van der Waals surface area contributed by atoms with Gasteiger partial charge in [-0.25, -0.2) is 9.59 Å². The maximum atomic E-state index is 9.97. The molecule has 3 fully saturated rings. The van der Waals surface area contributed by atoms with Gasteiger partial charge in [0.2, 0.25) is 0 Å². The van der Waals surface area contributed by atoms with Crippen LogP contribution < -0.4 is 0 Å². The molecule has 4 atom stereocenters. The van der Waals surface area contributed by atoms with E-state index in [-0.39, 0.29) is 7.43 Å². The smallest absolute Gasteiger partial charge is 0.438 e. The Bertz CT molecular complexity index is 350. The van der Waals surface area contributed by atoms with Crippen molar-refractivity contribution in [2.45, 2.75) is 59.8 Å². The normalized spacial score (nSPS) is 27.4. The molecule has 0 saturated heterocycles. The fourth-order valence-corrected chi connectivity index (χ4v) is 4.37. The van der Waals surface area contributed by atoms with Crippen LogP contribution in [0.5, 0.6) is 0 Å². The highest BCUT2D eigenvalue weighted by molar-refractivity contribution is 5.59. The highest BCUT2D eigenvalue weighted by Gasteiger charge is 2.48. The van der Waals surface area contributed by atoms with Gasteiger partial charge in [-0.2, -0.15) is 0 Å². The van der Waals surface area contributed by atoms with Gasteiger partial charge < -0.3 is 18.9 Å². The number of fused-ring (bicyclic) bond motifs is 5. The summed E-state index contributed by atoms with van der Waals surface area (Å²) in [7, 11) is 2.55. The average Bonchev–Trinajstić information content (AvgIpc) is 3.30. The standard InChI is InChI=1S/C10H16.2C4H8O3.CH4/c1-2-9-7-4-5-8(6-7)10(9)3-1;2*1-3-7-4(5)6-2;/h7-10H,1-6H2;2*3H2,1-2H3;1H4. The second-order valence-corrected chi connectivity index (χ2v) is 6.37. The van der Waals surface area contributed by atoms with E-state index in [4.69, 9.17) is 0 Å². The van der Waals surface area contributed by atoms with Crippen molar-refractivity contribution in [3.63, 3.8) is 0 Å². The fraction of sp³-hybridized carbons (Fsp3) is 0.895. The van der Waals surface area contributed by atoms with Crippen LogP contribution in [0.25, 0.3) is 0 Å². The van der Waals surface area contributed by atoms with E-state index >= 15 is 0 Å². The zero-order chi connectivity index (χ0) is 17.9. The van der Waals surface area contributed by atoms with Crippen molar-refractivity contribution in [3.8, 4) is 0 Å². The van der Waals surface area contributed by atoms with Gasteiger partial charge >= 0.3 is 12.3 Å². The highest BCUT2D eigenvalue weighted by atomic mass is 16.7. The number of rotatable bonds is 2. The summed E-state index contributed by atoms with van der Waals surface area (Å²) in [4.78, 5) is 19.9. The van der Waals surface area contributed by atoms with Gasteiger partial charge in [0.1, 0.15) is 0 Å². The average molecular weight is 360 g/mol. The first-order chi connectivity index (χ1) is 11.6. The Hall–Kier alpha value is -1.46. The molecule has 6 heteroatoms. The van der Waals surface area contributed by atoms with E-state index in [1.165, 1.54) is 37.9 Å². The zero-order valence-corrected chi connectivity index (χ0v) is 15.4. The summed E-state index contributed by atoms with van der Waals surface area (Å²) in [6.45, 7) is 4.17. The van der Waals surface area contributed by atoms with Crippen molar-refractivity contribution in [3.05, 3.63) is 0 Å². The first-order valence-corrected chi connectivity index (χ1v) is 8.98. The van der Waals surface area contributed by atoms with Crippen LogP contribution in [0.4, 0.5) is 9.59 Å². The lowest BCUT2D eigenvalue weighted by molar-refractivity contribution is 0.0761. The summed E-state index contributed by atoms with van der Waals surface area (Å²) in [6.07, 6.45) is 8.29. The molecule has 0 heterocycles. The molecule has 4 unspecified atom stereocenters. The summed E-state index contributed by atoms with van der Waals surface area (Å²) in [6, 6.07) is 0. The summed E-state index contributed by atoms with van der Waals surface area (Å²) in [5, 5.41) is 0. The number of carbonyl (C=O) groups excluding carboxylic acids is 2. The van der Waals surface area contributed by atoms with E-state index in [1.54, 1.807) is 52.4 Å². The van der Waals surface area contributed by atoms with E-state index in [1.807, 2.05) is 0 Å². The predicted molar refractivity (Wildman–Crippen MR) is 96.5 cm³/mol. The Morgan fingerprint density at radius 1 is 0.800 bits per heavy atom. The summed E-state index contributed by atoms with van der Waals surface area (Å²) < 4.78 is 16.9. The molecule has 0 aromatic heterocycles. The Morgan fingerprint density at radius 3 is 1.48 bits per heavy atom. The van der Waals surface area contributed by atoms with E-state index < -0.39 is 12.3 Å². The predicted octanol–water partition coefficient (Wildman–Crippen LogP) is 5.05. The maximum absolute atomic E-state index is 9.97. The van der Waals surface area contributed by atoms with Crippen molar-refractivity contribution < 1.29 is 28.5 Å². The first kappa shape index (κ1) is 23.5. The molecular weight excluding hydrogens is 324 g/mol. The molecule has 6 nitrogen and oxygen atoms in total. The first-order valence-electron chi connectivity index (χ1n) is 8.98. The van der Waals surface area contributed by atoms with Crippen LogP contribution in [-0.2, 0) is 18.9 Å². The molecule has 0 aliphatic heterocycles. The van der Waals surface area contributed by atoms with Gasteiger partial charge in [-0.15, -0.1) is 0 Å². The third-order valence-corrected chi connectivity index (χ3v) is 5.21. The highest BCUT2D eigenvalue weighted by Crippen LogP contribution is 2.58. The van der Waals surface area contributed by atoms with Crippen molar-refractivity contribution in [1.29, 1.82) is 0 Å². The van der Waals surface area contributed by atoms with Crippen LogP contribution in [0, 0.1) is 23.7 Å². The van der Waals surface area contributed by atoms with Crippen LogP contribution >= 0.6 is 0 Å². The van der Waals surface area contributed by atoms with Crippen LogP contribution in [0.1, 0.15) is 59.8 Å². The van der Waals surface area contributed by atoms with Gasteiger partial charge in [0.05, 0.1) is 27.4 Å². The molecule has 0 amide bonds. The molecule has 3 rings (SSSR count). The Morgan fingerprint density at radius 2 is 1.20 bits per heavy atom. The van der Waals surface area contributed by atoms with Gasteiger partial charge in [-0.1, -0.05) is 13.8 Å². The Labute approximate surface area is 152 Å². The van der Waals surface area contributed by atoms with Gasteiger partial charge in [0.25, 0.3) is 0 Å². The van der Waals surface area contributed by atoms with Crippen molar-refractivity contribution in [2.75, 3.05) is 27.4 Å². The third-order valence-electron chi connectivity index (χ3n) is 5.21. The monoisotopic (exact) mass is 360 g/mol. The van der Waals surface area contributed by atoms with Crippen molar-refractivity contribution in [2.24, 2.45) is 23.7 Å². The number of carbonyl (C=O) groups is 2. The molecule has 2 bridgehead atoms. The van der Waals surface area contributed by atoms with Crippen LogP contribution in [0.3, 0.4) is 0 Å². The third kappa shape index (κ3) is 7.53. The molecule has 3 saturated carbocycles. The molecule has 0 aromatic rings. The van der Waals surface area contributed by atoms with Gasteiger partial charge in [-0.3, -0.25) is 0 Å². The maximum Gasteiger partial charge on any atom is 0.507 e. The molecular formula is C19H36O6. The summed E-state index contributed by atoms with van der Waals surface area (Å²) in [5.41, 5.74) is 0. The molecule has 3 aliphatic rings. The minimum atomic E-state index is -0.623. The zero-order valence-electron chi connectivity index (χ0n) is 15.4. The number of hydrogen-bond donors (Lipinski definition) is 0. The molecule has 0 radical (unpaired) electrons. The van der Waals surface area contributed by atoms with E-state index in [0.717, 1.165) is 0 Å². The van der Waals surface area contributed by atoms with E-state index in [0.29, 0.717) is 13.2 Å². The van der Waals surface area contributed by atoms with E-state index in [2.05, 4.69) is 18.9 Å². The van der Waals surface area contributed by atoms with E-state index in [9.17, 15) is 9.59 Å². The largest absolute Gasteiger partial charge is 0.507 e. The lowest BCUT2D eigenvalue weighted by Gasteiger charge is -2.23. The molecule has 148 valence electrons. The van der Waals surface area contributed by atoms with Crippen molar-refractivity contribution in [1.82, 2.24) is 0 Å². The Kier molecular flexibility index (Phi) is 12.1. The SMILES string of the molecule is C.C1CC2C3CCC(C3)C2C1.CCOC(=O)OC.CCOC(=O)OC. The van der Waals surface area contributed by atoms with Crippen molar-refractivity contribution >= 4 is 12.3 Å². The van der Waals surface area contributed by atoms with Gasteiger partial charge in [-0.05, 0) is 69.6 Å². The number of hydrogen-bond acceptors (Lipinski definition) is 6. The van der Waals surface area contributed by atoms with Crippen LogP contribution in [0.2, 0.25) is 0 Å². The second kappa shape index (κ2) is 12.8. The lowest BCUT2D eigenvalue weighted by atomic mass is 9.82. The molecule has 0 aromatic carbocycles. The van der Waals surface area contributed by atoms with Crippen LogP contribution in [0.15, 0.2) is 0 Å². The van der Waals surface area contributed by atoms with Gasteiger partial charge in [0.15, 0.2) is 0 Å². The topological polar surface area (TPSA) is 71.1 Å². The molecule has 0 N–H and O–H groups in total. The summed E-state index contributed by atoms with van der Waals surface area (Å²) >= 11 is 0. The molecule has 0 spiro atoms. The summed E-state index contributed by atoms with van der Waals surface area (Å²) in [5.74, 6) is 4.80. The fourth-order valence-electron chi connectivity index (χ4n) is 4.37. The Balaban J connectivity index is 0.000000352. The molecule has 3 aliphatic carbocycles. The quantitative estimate of drug-likeness (QED) is 0.642.